The number of carbonyl (C=O) groups is 1. The van der Waals surface area contributed by atoms with Crippen molar-refractivity contribution >= 4 is 11.6 Å². The molecular weight excluding hydrogens is 340 g/mol. The lowest BCUT2D eigenvalue weighted by molar-refractivity contribution is -0.122. The monoisotopic (exact) mass is 372 g/mol. The van der Waals surface area contributed by atoms with Gasteiger partial charge in [-0.1, -0.05) is 12.5 Å². The number of rotatable bonds is 5. The van der Waals surface area contributed by atoms with Crippen LogP contribution in [0.25, 0.3) is 0 Å². The first kappa shape index (κ1) is 18.8. The molecule has 148 valence electrons. The summed E-state index contributed by atoms with van der Waals surface area (Å²) in [7, 11) is 0. The van der Waals surface area contributed by atoms with Crippen molar-refractivity contribution in [1.29, 1.82) is 0 Å². The maximum absolute atomic E-state index is 13.0. The quantitative estimate of drug-likeness (QED) is 0.827. The summed E-state index contributed by atoms with van der Waals surface area (Å²) < 4.78 is 11.7. The van der Waals surface area contributed by atoms with Crippen molar-refractivity contribution in [2.24, 2.45) is 23.5 Å². The van der Waals surface area contributed by atoms with Crippen LogP contribution in [0.4, 0.5) is 5.69 Å². The standard InChI is InChI=1S/C22H32N2O3/c1-14-7-8-19(20(10-14)27-13-18-6-3-9-26-18)24-22(25)17-11-15-4-2-5-16(12-17)21(15)23/h7-8,10,15-18,21H,2-6,9,11-13,23H2,1H3,(H,24,25). The fourth-order valence-electron chi connectivity index (χ4n) is 5.05. The number of nitrogens with one attached hydrogen (secondary N) is 1. The summed E-state index contributed by atoms with van der Waals surface area (Å²) in [5, 5.41) is 3.14. The van der Waals surface area contributed by atoms with Crippen molar-refractivity contribution in [2.75, 3.05) is 18.5 Å². The van der Waals surface area contributed by atoms with E-state index < -0.39 is 0 Å². The van der Waals surface area contributed by atoms with Gasteiger partial charge < -0.3 is 20.5 Å². The molecule has 0 spiro atoms. The largest absolute Gasteiger partial charge is 0.489 e. The minimum Gasteiger partial charge on any atom is -0.489 e. The number of hydrogen-bond donors (Lipinski definition) is 2. The van der Waals surface area contributed by atoms with E-state index in [4.69, 9.17) is 15.2 Å². The maximum Gasteiger partial charge on any atom is 0.227 e. The molecule has 1 aromatic rings. The molecule has 1 aromatic carbocycles. The average Bonchev–Trinajstić information content (AvgIpc) is 3.15. The Kier molecular flexibility index (Phi) is 5.69. The molecule has 3 fully saturated rings. The molecule has 0 aromatic heterocycles. The number of benzene rings is 1. The molecule has 4 rings (SSSR count). The Balaban J connectivity index is 1.41. The molecule has 5 nitrogen and oxygen atoms in total. The molecule has 1 saturated heterocycles. The first-order chi connectivity index (χ1) is 13.1. The molecule has 3 N–H and O–H groups in total. The Bertz CT molecular complexity index is 658. The smallest absolute Gasteiger partial charge is 0.227 e. The number of anilines is 1. The van der Waals surface area contributed by atoms with Gasteiger partial charge in [0.1, 0.15) is 12.4 Å². The van der Waals surface area contributed by atoms with Crippen LogP contribution >= 0.6 is 0 Å². The molecule has 3 aliphatic rings. The van der Waals surface area contributed by atoms with Gasteiger partial charge in [0.2, 0.25) is 5.91 Å². The average molecular weight is 373 g/mol. The number of fused-ring (bicyclic) bond motifs is 2. The number of carbonyl (C=O) groups excluding carboxylic acids is 1. The zero-order chi connectivity index (χ0) is 18.8. The van der Waals surface area contributed by atoms with Crippen molar-refractivity contribution < 1.29 is 14.3 Å². The van der Waals surface area contributed by atoms with Gasteiger partial charge in [0, 0.05) is 18.6 Å². The van der Waals surface area contributed by atoms with Crippen LogP contribution in [0.3, 0.4) is 0 Å². The van der Waals surface area contributed by atoms with Gasteiger partial charge in [-0.05, 0) is 75.0 Å². The fourth-order valence-corrected chi connectivity index (χ4v) is 5.05. The Morgan fingerprint density at radius 3 is 2.70 bits per heavy atom. The van der Waals surface area contributed by atoms with Crippen molar-refractivity contribution in [1.82, 2.24) is 0 Å². The summed E-state index contributed by atoms with van der Waals surface area (Å²) in [6.07, 6.45) is 7.73. The molecule has 2 bridgehead atoms. The normalized spacial score (nSPS) is 32.9. The lowest BCUT2D eigenvalue weighted by atomic mass is 9.65. The van der Waals surface area contributed by atoms with Crippen LogP contribution in [0.2, 0.25) is 0 Å². The van der Waals surface area contributed by atoms with Crippen LogP contribution in [-0.4, -0.2) is 31.3 Å². The summed E-state index contributed by atoms with van der Waals surface area (Å²) in [6, 6.07) is 6.25. The Labute approximate surface area is 162 Å². The number of nitrogens with two attached hydrogens (primary N) is 1. The van der Waals surface area contributed by atoms with Crippen molar-refractivity contribution in [3.05, 3.63) is 23.8 Å². The minimum atomic E-state index is 0.0624. The predicted octanol–water partition coefficient (Wildman–Crippen LogP) is 3.64. The highest BCUT2D eigenvalue weighted by Gasteiger charge is 2.40. The highest BCUT2D eigenvalue weighted by Crippen LogP contribution is 2.42. The first-order valence-electron chi connectivity index (χ1n) is 10.5. The van der Waals surface area contributed by atoms with Gasteiger partial charge in [-0.15, -0.1) is 0 Å². The molecule has 2 aliphatic carbocycles. The Morgan fingerprint density at radius 2 is 2.00 bits per heavy atom. The summed E-state index contributed by atoms with van der Waals surface area (Å²) >= 11 is 0. The van der Waals surface area contributed by atoms with Gasteiger partial charge in [0.25, 0.3) is 0 Å². The Morgan fingerprint density at radius 1 is 1.22 bits per heavy atom. The number of hydrogen-bond acceptors (Lipinski definition) is 4. The van der Waals surface area contributed by atoms with E-state index in [-0.39, 0.29) is 24.0 Å². The topological polar surface area (TPSA) is 73.6 Å². The molecule has 1 aliphatic heterocycles. The number of amides is 1. The SMILES string of the molecule is Cc1ccc(NC(=O)C2CC3CCCC(C2)C3N)c(OCC2CCCO2)c1. The van der Waals surface area contributed by atoms with Crippen LogP contribution in [0.5, 0.6) is 5.75 Å². The summed E-state index contributed by atoms with van der Waals surface area (Å²) in [6.45, 7) is 3.39. The van der Waals surface area contributed by atoms with Gasteiger partial charge in [0.15, 0.2) is 0 Å². The third-order valence-electron chi connectivity index (χ3n) is 6.63. The first-order valence-corrected chi connectivity index (χ1v) is 10.5. The Hall–Kier alpha value is -1.59. The van der Waals surface area contributed by atoms with Crippen LogP contribution in [0.1, 0.15) is 50.5 Å². The van der Waals surface area contributed by atoms with E-state index in [2.05, 4.69) is 5.32 Å². The highest BCUT2D eigenvalue weighted by molar-refractivity contribution is 5.94. The molecule has 0 radical (unpaired) electrons. The van der Waals surface area contributed by atoms with Gasteiger partial charge in [-0.2, -0.15) is 0 Å². The van der Waals surface area contributed by atoms with Crippen LogP contribution in [-0.2, 0) is 9.53 Å². The third kappa shape index (κ3) is 4.30. The summed E-state index contributed by atoms with van der Waals surface area (Å²) in [4.78, 5) is 13.0. The van der Waals surface area contributed by atoms with E-state index in [1.807, 2.05) is 25.1 Å². The number of aryl methyl sites for hydroxylation is 1. The maximum atomic E-state index is 13.0. The molecule has 5 heteroatoms. The van der Waals surface area contributed by atoms with E-state index in [1.165, 1.54) is 19.3 Å². The second-order valence-electron chi connectivity index (χ2n) is 8.63. The molecule has 2 saturated carbocycles. The second kappa shape index (κ2) is 8.19. The van der Waals surface area contributed by atoms with Crippen molar-refractivity contribution in [2.45, 2.75) is 64.0 Å². The molecular formula is C22H32N2O3. The van der Waals surface area contributed by atoms with Crippen LogP contribution in [0.15, 0.2) is 18.2 Å². The zero-order valence-corrected chi connectivity index (χ0v) is 16.3. The van der Waals surface area contributed by atoms with E-state index in [0.29, 0.717) is 18.4 Å². The molecule has 27 heavy (non-hydrogen) atoms. The van der Waals surface area contributed by atoms with Gasteiger partial charge in [0.05, 0.1) is 11.8 Å². The molecule has 1 amide bonds. The third-order valence-corrected chi connectivity index (χ3v) is 6.63. The van der Waals surface area contributed by atoms with Gasteiger partial charge >= 0.3 is 0 Å². The lowest BCUT2D eigenvalue weighted by Gasteiger charge is -2.43. The highest BCUT2D eigenvalue weighted by atomic mass is 16.5. The van der Waals surface area contributed by atoms with Crippen LogP contribution < -0.4 is 15.8 Å². The van der Waals surface area contributed by atoms with Crippen molar-refractivity contribution in [3.63, 3.8) is 0 Å². The van der Waals surface area contributed by atoms with Gasteiger partial charge in [-0.3, -0.25) is 4.79 Å². The lowest BCUT2D eigenvalue weighted by Crippen LogP contribution is -2.48. The molecule has 3 atom stereocenters. The van der Waals surface area contributed by atoms with Crippen LogP contribution in [0, 0.1) is 24.7 Å². The second-order valence-corrected chi connectivity index (χ2v) is 8.63. The fraction of sp³-hybridized carbons (Fsp3) is 0.682. The summed E-state index contributed by atoms with van der Waals surface area (Å²) in [5.41, 5.74) is 8.26. The minimum absolute atomic E-state index is 0.0624. The zero-order valence-electron chi connectivity index (χ0n) is 16.3. The number of ether oxygens (including phenoxy) is 2. The van der Waals surface area contributed by atoms with E-state index in [1.54, 1.807) is 0 Å². The summed E-state index contributed by atoms with van der Waals surface area (Å²) in [5.74, 6) is 1.92. The van der Waals surface area contributed by atoms with Crippen molar-refractivity contribution in [3.8, 4) is 5.75 Å². The molecule has 3 unspecified atom stereocenters. The van der Waals surface area contributed by atoms with Gasteiger partial charge in [-0.25, -0.2) is 0 Å². The van der Waals surface area contributed by atoms with E-state index >= 15 is 0 Å². The predicted molar refractivity (Wildman–Crippen MR) is 106 cm³/mol. The molecule has 1 heterocycles. The van der Waals surface area contributed by atoms with E-state index in [9.17, 15) is 4.79 Å². The van der Waals surface area contributed by atoms with E-state index in [0.717, 1.165) is 49.3 Å².